The van der Waals surface area contributed by atoms with Gasteiger partial charge in [0.1, 0.15) is 5.75 Å². The van der Waals surface area contributed by atoms with Gasteiger partial charge in [0.15, 0.2) is 0 Å². The predicted molar refractivity (Wildman–Crippen MR) is 67.8 cm³/mol. The number of nitrogens with one attached hydrogen (secondary N) is 1. The number of anilines is 1. The molecular weight excluding hydrogens is 218 g/mol. The maximum atomic E-state index is 10.4. The Bertz CT molecular complexity index is 388. The molecule has 0 unspecified atom stereocenters. The molecule has 17 heavy (non-hydrogen) atoms. The van der Waals surface area contributed by atoms with Crippen molar-refractivity contribution in [3.05, 3.63) is 23.8 Å². The zero-order valence-electron chi connectivity index (χ0n) is 10.5. The third-order valence-electron chi connectivity index (χ3n) is 2.52. The van der Waals surface area contributed by atoms with Crippen molar-refractivity contribution in [1.29, 1.82) is 0 Å². The number of benzene rings is 1. The fourth-order valence-electron chi connectivity index (χ4n) is 1.61. The second-order valence-electron chi connectivity index (χ2n) is 4.18. The number of ether oxygens (including phenoxy) is 1. The molecule has 0 radical (unpaired) electrons. The van der Waals surface area contributed by atoms with E-state index < -0.39 is 5.97 Å². The maximum absolute atomic E-state index is 10.4. The molecule has 0 aliphatic rings. The van der Waals surface area contributed by atoms with Crippen LogP contribution in [-0.2, 0) is 4.79 Å². The third kappa shape index (κ3) is 3.98. The maximum Gasteiger partial charge on any atom is 0.305 e. The number of aliphatic carboxylic acids is 1. The molecule has 94 valence electrons. The van der Waals surface area contributed by atoms with Gasteiger partial charge >= 0.3 is 5.97 Å². The molecular formula is C13H19NO3. The Morgan fingerprint density at radius 2 is 2.18 bits per heavy atom. The number of carboxylic acid groups (broad SMARTS) is 1. The van der Waals surface area contributed by atoms with Crippen LogP contribution in [0.1, 0.15) is 31.7 Å². The first kappa shape index (κ1) is 13.4. The Labute approximate surface area is 102 Å². The van der Waals surface area contributed by atoms with Crippen molar-refractivity contribution in [3.63, 3.8) is 0 Å². The molecule has 2 N–H and O–H groups in total. The summed E-state index contributed by atoms with van der Waals surface area (Å²) in [5.41, 5.74) is 2.04. The molecule has 1 aromatic rings. The Balaban J connectivity index is 2.74. The highest BCUT2D eigenvalue weighted by Crippen LogP contribution is 2.29. The van der Waals surface area contributed by atoms with Crippen LogP contribution in [0.25, 0.3) is 0 Å². The Morgan fingerprint density at radius 1 is 1.47 bits per heavy atom. The van der Waals surface area contributed by atoms with Crippen LogP contribution in [-0.4, -0.2) is 24.7 Å². The molecule has 0 saturated heterocycles. The molecule has 4 heteroatoms. The lowest BCUT2D eigenvalue weighted by atomic mass is 10.0. The minimum absolute atomic E-state index is 0.114. The van der Waals surface area contributed by atoms with E-state index in [4.69, 9.17) is 9.84 Å². The van der Waals surface area contributed by atoms with E-state index in [2.05, 4.69) is 19.2 Å². The van der Waals surface area contributed by atoms with Gasteiger partial charge in [-0.3, -0.25) is 4.79 Å². The third-order valence-corrected chi connectivity index (χ3v) is 2.52. The van der Waals surface area contributed by atoms with Gasteiger partial charge in [0, 0.05) is 12.2 Å². The van der Waals surface area contributed by atoms with Crippen LogP contribution in [0.2, 0.25) is 0 Å². The van der Waals surface area contributed by atoms with Crippen LogP contribution in [0.3, 0.4) is 0 Å². The van der Waals surface area contributed by atoms with E-state index in [-0.39, 0.29) is 6.42 Å². The summed E-state index contributed by atoms with van der Waals surface area (Å²) in [5, 5.41) is 11.6. The average molecular weight is 237 g/mol. The van der Waals surface area contributed by atoms with Gasteiger partial charge in [-0.05, 0) is 29.7 Å². The number of rotatable bonds is 6. The summed E-state index contributed by atoms with van der Waals surface area (Å²) >= 11 is 0. The fraction of sp³-hybridized carbons (Fsp3) is 0.462. The van der Waals surface area contributed by atoms with Crippen molar-refractivity contribution in [1.82, 2.24) is 0 Å². The van der Waals surface area contributed by atoms with Crippen LogP contribution in [0.15, 0.2) is 18.2 Å². The number of hydrogen-bond donors (Lipinski definition) is 2. The normalized spacial score (nSPS) is 10.4. The van der Waals surface area contributed by atoms with Crippen molar-refractivity contribution in [3.8, 4) is 5.75 Å². The number of hydrogen-bond acceptors (Lipinski definition) is 3. The van der Waals surface area contributed by atoms with E-state index in [1.54, 1.807) is 7.11 Å². The van der Waals surface area contributed by atoms with Crippen LogP contribution in [0.4, 0.5) is 5.69 Å². The second kappa shape index (κ2) is 6.13. The highest BCUT2D eigenvalue weighted by molar-refractivity contribution is 5.67. The highest BCUT2D eigenvalue weighted by Gasteiger charge is 2.08. The Hall–Kier alpha value is -1.71. The second-order valence-corrected chi connectivity index (χ2v) is 4.18. The first-order valence-electron chi connectivity index (χ1n) is 5.68. The number of carboxylic acids is 1. The molecule has 0 aliphatic carbocycles. The van der Waals surface area contributed by atoms with E-state index in [1.165, 1.54) is 0 Å². The van der Waals surface area contributed by atoms with Crippen LogP contribution in [0.5, 0.6) is 5.75 Å². The van der Waals surface area contributed by atoms with Crippen LogP contribution >= 0.6 is 0 Å². The van der Waals surface area contributed by atoms with Gasteiger partial charge < -0.3 is 15.2 Å². The summed E-state index contributed by atoms with van der Waals surface area (Å²) in [6.45, 7) is 4.62. The van der Waals surface area contributed by atoms with E-state index in [9.17, 15) is 4.79 Å². The molecule has 0 bridgehead atoms. The van der Waals surface area contributed by atoms with Gasteiger partial charge in [0.2, 0.25) is 0 Å². The van der Waals surface area contributed by atoms with Crippen molar-refractivity contribution in [2.45, 2.75) is 26.2 Å². The van der Waals surface area contributed by atoms with Crippen molar-refractivity contribution in [2.75, 3.05) is 19.0 Å². The standard InChI is InChI=1S/C13H19NO3/c1-9(2)11-8-10(4-5-12(11)17-3)14-7-6-13(15)16/h4-5,8-9,14H,6-7H2,1-3H3,(H,15,16). The van der Waals surface area contributed by atoms with E-state index in [0.717, 1.165) is 17.0 Å². The van der Waals surface area contributed by atoms with Crippen LogP contribution < -0.4 is 10.1 Å². The monoisotopic (exact) mass is 237 g/mol. The van der Waals surface area contributed by atoms with Crippen molar-refractivity contribution >= 4 is 11.7 Å². The quantitative estimate of drug-likeness (QED) is 0.798. The first-order chi connectivity index (χ1) is 8.04. The topological polar surface area (TPSA) is 58.6 Å². The Kier molecular flexibility index (Phi) is 4.82. The molecule has 0 aliphatic heterocycles. The van der Waals surface area contributed by atoms with Crippen molar-refractivity contribution < 1.29 is 14.6 Å². The number of carbonyl (C=O) groups is 1. The molecule has 0 amide bonds. The largest absolute Gasteiger partial charge is 0.496 e. The molecule has 1 rings (SSSR count). The Morgan fingerprint density at radius 3 is 2.71 bits per heavy atom. The fourth-order valence-corrected chi connectivity index (χ4v) is 1.61. The van der Waals surface area contributed by atoms with Gasteiger partial charge in [-0.2, -0.15) is 0 Å². The van der Waals surface area contributed by atoms with Crippen molar-refractivity contribution in [2.24, 2.45) is 0 Å². The zero-order valence-corrected chi connectivity index (χ0v) is 10.5. The average Bonchev–Trinajstić information content (AvgIpc) is 2.28. The lowest BCUT2D eigenvalue weighted by molar-refractivity contribution is -0.136. The van der Waals surface area contributed by atoms with Crippen LogP contribution in [0, 0.1) is 0 Å². The molecule has 4 nitrogen and oxygen atoms in total. The summed E-state index contributed by atoms with van der Waals surface area (Å²) in [6, 6.07) is 5.80. The molecule has 0 aromatic heterocycles. The minimum Gasteiger partial charge on any atom is -0.496 e. The molecule has 1 aromatic carbocycles. The summed E-state index contributed by atoms with van der Waals surface area (Å²) < 4.78 is 5.28. The lowest BCUT2D eigenvalue weighted by Gasteiger charge is -2.14. The van der Waals surface area contributed by atoms with Gasteiger partial charge in [0.05, 0.1) is 13.5 Å². The number of methoxy groups -OCH3 is 1. The highest BCUT2D eigenvalue weighted by atomic mass is 16.5. The summed E-state index contributed by atoms with van der Waals surface area (Å²) in [6.07, 6.45) is 0.114. The van der Waals surface area contributed by atoms with Gasteiger partial charge in [-0.1, -0.05) is 13.8 Å². The molecule has 0 atom stereocenters. The first-order valence-corrected chi connectivity index (χ1v) is 5.68. The molecule has 0 saturated carbocycles. The lowest BCUT2D eigenvalue weighted by Crippen LogP contribution is -2.08. The zero-order chi connectivity index (χ0) is 12.8. The molecule has 0 heterocycles. The van der Waals surface area contributed by atoms with E-state index >= 15 is 0 Å². The van der Waals surface area contributed by atoms with E-state index in [1.807, 2.05) is 18.2 Å². The minimum atomic E-state index is -0.796. The summed E-state index contributed by atoms with van der Waals surface area (Å²) in [4.78, 5) is 10.4. The van der Waals surface area contributed by atoms with Gasteiger partial charge in [0.25, 0.3) is 0 Å². The summed E-state index contributed by atoms with van der Waals surface area (Å²) in [5.74, 6) is 0.435. The van der Waals surface area contributed by atoms with E-state index in [0.29, 0.717) is 12.5 Å². The SMILES string of the molecule is COc1ccc(NCCC(=O)O)cc1C(C)C. The van der Waals surface area contributed by atoms with Gasteiger partial charge in [-0.15, -0.1) is 0 Å². The predicted octanol–water partition coefficient (Wildman–Crippen LogP) is 2.71. The summed E-state index contributed by atoms with van der Waals surface area (Å²) in [7, 11) is 1.65. The molecule has 0 fully saturated rings. The van der Waals surface area contributed by atoms with Gasteiger partial charge in [-0.25, -0.2) is 0 Å². The smallest absolute Gasteiger partial charge is 0.305 e. The molecule has 0 spiro atoms.